The molecule has 0 aliphatic carbocycles. The molecule has 0 aliphatic rings. The van der Waals surface area contributed by atoms with Gasteiger partial charge in [0.05, 0.1) is 6.42 Å². The minimum atomic E-state index is -4.39. The third kappa shape index (κ3) is 5.57. The summed E-state index contributed by atoms with van der Waals surface area (Å²) in [5.74, 6) is -1.26. The van der Waals surface area contributed by atoms with Gasteiger partial charge in [-0.15, -0.1) is 0 Å². The molecule has 0 spiro atoms. The number of carbonyl (C=O) groups is 2. The van der Waals surface area contributed by atoms with Crippen molar-refractivity contribution in [1.82, 2.24) is 15.2 Å². The van der Waals surface area contributed by atoms with Crippen LogP contribution in [0.1, 0.15) is 30.3 Å². The van der Waals surface area contributed by atoms with E-state index >= 15 is 0 Å². The zero-order chi connectivity index (χ0) is 20.2. The third-order valence-electron chi connectivity index (χ3n) is 3.99. The van der Waals surface area contributed by atoms with Crippen LogP contribution in [0.25, 0.3) is 10.8 Å². The molecule has 6 nitrogen and oxygen atoms in total. The molecule has 0 fully saturated rings. The highest BCUT2D eigenvalue weighted by molar-refractivity contribution is 5.96. The predicted octanol–water partition coefficient (Wildman–Crippen LogP) is 2.12. The fourth-order valence-corrected chi connectivity index (χ4v) is 2.56. The van der Waals surface area contributed by atoms with Gasteiger partial charge in [0.25, 0.3) is 11.5 Å². The predicted molar refractivity (Wildman–Crippen MR) is 94.4 cm³/mol. The molecule has 0 unspecified atom stereocenters. The molecule has 2 N–H and O–H groups in total. The lowest BCUT2D eigenvalue weighted by Gasteiger charge is -2.16. The van der Waals surface area contributed by atoms with Gasteiger partial charge >= 0.3 is 6.18 Å². The highest BCUT2D eigenvalue weighted by Crippen LogP contribution is 2.21. The highest BCUT2D eigenvalue weighted by Gasteiger charge is 2.28. The molecule has 2 aromatic rings. The number of alkyl halides is 3. The molecule has 1 atom stereocenters. The molecule has 1 aromatic carbocycles. The molecule has 1 aromatic heterocycles. The number of aromatic nitrogens is 1. The van der Waals surface area contributed by atoms with Crippen molar-refractivity contribution in [3.8, 4) is 0 Å². The molecule has 0 saturated heterocycles. The van der Waals surface area contributed by atoms with Crippen LogP contribution in [-0.4, -0.2) is 35.1 Å². The lowest BCUT2D eigenvalue weighted by molar-refractivity contribution is -0.144. The van der Waals surface area contributed by atoms with E-state index in [-0.39, 0.29) is 17.8 Å². The summed E-state index contributed by atoms with van der Waals surface area (Å²) in [6.45, 7) is 1.57. The summed E-state index contributed by atoms with van der Waals surface area (Å²) in [6, 6.07) is 7.88. The number of benzene rings is 1. The second-order valence-corrected chi connectivity index (χ2v) is 6.27. The van der Waals surface area contributed by atoms with Crippen LogP contribution in [0.3, 0.4) is 0 Å². The molecule has 0 radical (unpaired) electrons. The van der Waals surface area contributed by atoms with E-state index in [1.165, 1.54) is 11.6 Å². The maximum absolute atomic E-state index is 12.4. The quantitative estimate of drug-likeness (QED) is 0.802. The van der Waals surface area contributed by atoms with Crippen molar-refractivity contribution >= 4 is 22.6 Å². The number of rotatable bonds is 6. The Morgan fingerprint density at radius 3 is 2.56 bits per heavy atom. The summed E-state index contributed by atoms with van der Waals surface area (Å²) >= 11 is 0. The van der Waals surface area contributed by atoms with Crippen LogP contribution in [-0.2, 0) is 11.8 Å². The number of nitrogens with one attached hydrogen (secondary N) is 2. The van der Waals surface area contributed by atoms with Crippen LogP contribution in [0.2, 0.25) is 0 Å². The van der Waals surface area contributed by atoms with E-state index in [0.717, 1.165) is 0 Å². The van der Waals surface area contributed by atoms with Gasteiger partial charge in [-0.1, -0.05) is 18.2 Å². The molecule has 0 bridgehead atoms. The van der Waals surface area contributed by atoms with Crippen LogP contribution in [0, 0.1) is 0 Å². The second-order valence-electron chi connectivity index (χ2n) is 6.27. The maximum Gasteiger partial charge on any atom is 0.389 e. The van der Waals surface area contributed by atoms with Gasteiger partial charge in [0.2, 0.25) is 5.91 Å². The Hall–Kier alpha value is -2.84. The van der Waals surface area contributed by atoms with E-state index in [4.69, 9.17) is 0 Å². The zero-order valence-corrected chi connectivity index (χ0v) is 14.9. The van der Waals surface area contributed by atoms with Gasteiger partial charge in [0.15, 0.2) is 0 Å². The smallest absolute Gasteiger partial charge is 0.352 e. The number of carbonyl (C=O) groups excluding carboxylic acids is 2. The molecule has 27 heavy (non-hydrogen) atoms. The first-order valence-electron chi connectivity index (χ1n) is 8.31. The molecular formula is C18H20F3N3O3. The number of fused-ring (bicyclic) bond motifs is 1. The number of nitrogens with zero attached hydrogens (tertiary/aromatic N) is 1. The largest absolute Gasteiger partial charge is 0.389 e. The van der Waals surface area contributed by atoms with Gasteiger partial charge in [-0.05, 0) is 24.4 Å². The first-order chi connectivity index (χ1) is 12.6. The monoisotopic (exact) mass is 383 g/mol. The average molecular weight is 383 g/mol. The Labute approximate surface area is 153 Å². The van der Waals surface area contributed by atoms with Gasteiger partial charge in [-0.25, -0.2) is 0 Å². The maximum atomic E-state index is 12.4. The molecule has 2 amide bonds. The Kier molecular flexibility index (Phi) is 6.24. The van der Waals surface area contributed by atoms with Crippen LogP contribution < -0.4 is 16.2 Å². The lowest BCUT2D eigenvalue weighted by Crippen LogP contribution is -2.42. The molecule has 0 saturated carbocycles. The summed E-state index contributed by atoms with van der Waals surface area (Å²) < 4.78 is 37.6. The van der Waals surface area contributed by atoms with E-state index in [1.54, 1.807) is 37.3 Å². The second kappa shape index (κ2) is 8.24. The molecule has 9 heteroatoms. The van der Waals surface area contributed by atoms with Crippen LogP contribution in [0.15, 0.2) is 35.1 Å². The fourth-order valence-electron chi connectivity index (χ4n) is 2.56. The highest BCUT2D eigenvalue weighted by atomic mass is 19.4. The minimum absolute atomic E-state index is 0.0115. The summed E-state index contributed by atoms with van der Waals surface area (Å²) in [6.07, 6.45) is -6.26. The third-order valence-corrected chi connectivity index (χ3v) is 3.99. The van der Waals surface area contributed by atoms with E-state index < -0.39 is 36.9 Å². The standard InChI is InChI=1S/C18H20F3N3O3/c1-11(23-15(25)7-8-18(19,20)21)10-22-16(26)14-9-12-5-3-4-6-13(12)17(27)24(14)2/h3-6,9,11H,7-8,10H2,1-2H3,(H,22,26)(H,23,25)/t11-/m0/s1. The van der Waals surface area contributed by atoms with E-state index in [0.29, 0.717) is 10.8 Å². The summed E-state index contributed by atoms with van der Waals surface area (Å²) in [5, 5.41) is 6.08. The Bertz CT molecular complexity index is 906. The molecule has 0 aliphatic heterocycles. The van der Waals surface area contributed by atoms with Crippen molar-refractivity contribution in [2.45, 2.75) is 32.0 Å². The minimum Gasteiger partial charge on any atom is -0.352 e. The van der Waals surface area contributed by atoms with Gasteiger partial charge in [-0.2, -0.15) is 13.2 Å². The summed E-state index contributed by atoms with van der Waals surface area (Å²) in [4.78, 5) is 36.2. The Morgan fingerprint density at radius 2 is 1.89 bits per heavy atom. The van der Waals surface area contributed by atoms with Gasteiger partial charge < -0.3 is 15.2 Å². The van der Waals surface area contributed by atoms with E-state index in [9.17, 15) is 27.6 Å². The van der Waals surface area contributed by atoms with Crippen LogP contribution in [0.4, 0.5) is 13.2 Å². The molecule has 2 rings (SSSR count). The number of hydrogen-bond acceptors (Lipinski definition) is 3. The van der Waals surface area contributed by atoms with E-state index in [2.05, 4.69) is 10.6 Å². The van der Waals surface area contributed by atoms with Crippen molar-refractivity contribution in [2.24, 2.45) is 7.05 Å². The fraction of sp³-hybridized carbons (Fsp3) is 0.389. The van der Waals surface area contributed by atoms with Crippen molar-refractivity contribution in [3.05, 3.63) is 46.4 Å². The van der Waals surface area contributed by atoms with Gasteiger partial charge in [0.1, 0.15) is 5.69 Å². The molecular weight excluding hydrogens is 363 g/mol. The first-order valence-corrected chi connectivity index (χ1v) is 8.31. The normalized spacial score (nSPS) is 12.6. The van der Waals surface area contributed by atoms with Crippen molar-refractivity contribution in [3.63, 3.8) is 0 Å². The lowest BCUT2D eigenvalue weighted by atomic mass is 10.1. The number of hydrogen-bond donors (Lipinski definition) is 2. The van der Waals surface area contributed by atoms with Crippen LogP contribution >= 0.6 is 0 Å². The molecule has 146 valence electrons. The van der Waals surface area contributed by atoms with Crippen molar-refractivity contribution in [2.75, 3.05) is 6.54 Å². The Balaban J connectivity index is 1.98. The molecule has 1 heterocycles. The summed E-state index contributed by atoms with van der Waals surface area (Å²) in [7, 11) is 1.48. The SMILES string of the molecule is C[C@@H](CNC(=O)c1cc2ccccc2c(=O)n1C)NC(=O)CCC(F)(F)F. The summed E-state index contributed by atoms with van der Waals surface area (Å²) in [5.41, 5.74) is -0.166. The number of halogens is 3. The van der Waals surface area contributed by atoms with Crippen molar-refractivity contribution in [1.29, 1.82) is 0 Å². The van der Waals surface area contributed by atoms with Gasteiger partial charge in [0, 0.05) is 31.4 Å². The Morgan fingerprint density at radius 1 is 1.22 bits per heavy atom. The van der Waals surface area contributed by atoms with Crippen molar-refractivity contribution < 1.29 is 22.8 Å². The van der Waals surface area contributed by atoms with Gasteiger partial charge in [-0.3, -0.25) is 14.4 Å². The number of amides is 2. The zero-order valence-electron chi connectivity index (χ0n) is 14.9. The topological polar surface area (TPSA) is 80.2 Å². The number of pyridine rings is 1. The van der Waals surface area contributed by atoms with Crippen LogP contribution in [0.5, 0.6) is 0 Å². The van der Waals surface area contributed by atoms with E-state index in [1.807, 2.05) is 0 Å². The average Bonchev–Trinajstić information content (AvgIpc) is 2.60. The first kappa shape index (κ1) is 20.5.